The van der Waals surface area contributed by atoms with Gasteiger partial charge in [-0.1, -0.05) is 0 Å². The Bertz CT molecular complexity index is 171. The van der Waals surface area contributed by atoms with Crippen LogP contribution in [-0.4, -0.2) is 57.7 Å². The third-order valence-corrected chi connectivity index (χ3v) is 2.28. The topological polar surface area (TPSA) is 102 Å². The van der Waals surface area contributed by atoms with E-state index in [1.54, 1.807) is 0 Å². The first-order chi connectivity index (χ1) is 6.11. The lowest BCUT2D eigenvalue weighted by Gasteiger charge is -2.39. The molecule has 13 heavy (non-hydrogen) atoms. The minimum absolute atomic E-state index is 0.482. The molecule has 1 aliphatic heterocycles. The second-order valence-corrected chi connectivity index (χ2v) is 3.08. The second-order valence-electron chi connectivity index (χ2n) is 2.86. The summed E-state index contributed by atoms with van der Waals surface area (Å²) < 4.78 is 4.77. The van der Waals surface area contributed by atoms with Crippen molar-refractivity contribution >= 4 is 11.8 Å². The third kappa shape index (κ3) is 2.10. The highest BCUT2D eigenvalue weighted by Gasteiger charge is 2.43. The number of ether oxygens (including phenoxy) is 1. The Morgan fingerprint density at radius 1 is 1.23 bits per heavy atom. The number of aliphatic hydroxyl groups is 4. The van der Waals surface area contributed by atoms with E-state index in [1.807, 2.05) is 0 Å². The first-order valence-electron chi connectivity index (χ1n) is 3.78. The number of rotatable bonds is 2. The number of aliphatic hydroxyl groups excluding tert-OH is 4. The third-order valence-electron chi connectivity index (χ3n) is 2.03. The van der Waals surface area contributed by atoms with Crippen LogP contribution in [0.15, 0.2) is 0 Å². The summed E-state index contributed by atoms with van der Waals surface area (Å²) in [6.07, 6.45) is -4.90. The first-order valence-corrected chi connectivity index (χ1v) is 4.16. The Hall–Kier alpha value is 0.0500. The highest BCUT2D eigenvalue weighted by Crippen LogP contribution is 2.19. The van der Waals surface area contributed by atoms with Crippen LogP contribution in [0.4, 0.5) is 0 Å². The van der Waals surface area contributed by atoms with Crippen molar-refractivity contribution in [2.24, 2.45) is 0 Å². The average molecular weight is 214 g/mol. The molecule has 0 bridgehead atoms. The van der Waals surface area contributed by atoms with Crippen molar-refractivity contribution in [1.82, 2.24) is 4.84 Å². The number of halogens is 1. The van der Waals surface area contributed by atoms with Crippen LogP contribution in [0.5, 0.6) is 0 Å². The molecular weight excluding hydrogens is 202 g/mol. The van der Waals surface area contributed by atoms with Crippen molar-refractivity contribution < 1.29 is 25.2 Å². The Kier molecular flexibility index (Phi) is 3.87. The summed E-state index contributed by atoms with van der Waals surface area (Å²) in [4.78, 5) is 2.08. The molecule has 0 spiro atoms. The Balaban J connectivity index is 2.66. The largest absolute Gasteiger partial charge is 0.394 e. The van der Waals surface area contributed by atoms with Crippen molar-refractivity contribution in [2.45, 2.75) is 30.6 Å². The van der Waals surface area contributed by atoms with Crippen LogP contribution in [0.25, 0.3) is 0 Å². The molecule has 1 heterocycles. The second kappa shape index (κ2) is 4.52. The molecule has 1 rings (SSSR count). The maximum atomic E-state index is 9.36. The molecule has 1 saturated heterocycles. The normalized spacial score (nSPS) is 46.4. The lowest BCUT2D eigenvalue weighted by atomic mass is 9.98. The van der Waals surface area contributed by atoms with E-state index in [0.29, 0.717) is 0 Å². The van der Waals surface area contributed by atoms with E-state index in [9.17, 15) is 15.3 Å². The summed E-state index contributed by atoms with van der Waals surface area (Å²) in [6, 6.07) is -0.973. The standard InChI is InChI=1S/C6H12ClNO5/c7-8-3-5(11)4(10)2(1-9)13-6(3)12/h2-6,8-12H,1H2/t2?,3?,4-,5-,6-/m0/s1. The fourth-order valence-electron chi connectivity index (χ4n) is 1.21. The minimum Gasteiger partial charge on any atom is -0.394 e. The molecule has 0 radical (unpaired) electrons. The van der Waals surface area contributed by atoms with Crippen LogP contribution in [0.1, 0.15) is 0 Å². The molecule has 2 unspecified atom stereocenters. The quantitative estimate of drug-likeness (QED) is 0.326. The fraction of sp³-hybridized carbons (Fsp3) is 1.00. The summed E-state index contributed by atoms with van der Waals surface area (Å²) in [5.74, 6) is 0. The van der Waals surface area contributed by atoms with Gasteiger partial charge in [-0.2, -0.15) is 0 Å². The van der Waals surface area contributed by atoms with Crippen molar-refractivity contribution in [3.05, 3.63) is 0 Å². The molecular formula is C6H12ClNO5. The van der Waals surface area contributed by atoms with Gasteiger partial charge in [0.2, 0.25) is 0 Å². The smallest absolute Gasteiger partial charge is 0.174 e. The lowest BCUT2D eigenvalue weighted by Crippen LogP contribution is -2.61. The molecule has 0 aromatic rings. The maximum absolute atomic E-state index is 9.36. The maximum Gasteiger partial charge on any atom is 0.174 e. The van der Waals surface area contributed by atoms with Crippen molar-refractivity contribution in [1.29, 1.82) is 0 Å². The molecule has 7 heteroatoms. The molecule has 1 aliphatic rings. The van der Waals surface area contributed by atoms with Gasteiger partial charge in [0.15, 0.2) is 6.29 Å². The first kappa shape index (κ1) is 11.1. The van der Waals surface area contributed by atoms with E-state index in [4.69, 9.17) is 21.6 Å². The van der Waals surface area contributed by atoms with Crippen molar-refractivity contribution in [2.75, 3.05) is 6.61 Å². The predicted octanol–water partition coefficient (Wildman–Crippen LogP) is -2.47. The predicted molar refractivity (Wildman–Crippen MR) is 42.8 cm³/mol. The van der Waals surface area contributed by atoms with Crippen LogP contribution in [0.2, 0.25) is 0 Å². The summed E-state index contributed by atoms with van der Waals surface area (Å²) in [5.41, 5.74) is 0. The summed E-state index contributed by atoms with van der Waals surface area (Å²) in [5, 5.41) is 36.6. The van der Waals surface area contributed by atoms with Gasteiger partial charge in [0.1, 0.15) is 24.4 Å². The summed E-state index contributed by atoms with van der Waals surface area (Å²) in [6.45, 7) is -0.482. The van der Waals surface area contributed by atoms with E-state index in [-0.39, 0.29) is 0 Å². The van der Waals surface area contributed by atoms with Crippen LogP contribution in [-0.2, 0) is 4.74 Å². The highest BCUT2D eigenvalue weighted by molar-refractivity contribution is 6.13. The monoisotopic (exact) mass is 213 g/mol. The summed E-state index contributed by atoms with van der Waals surface area (Å²) >= 11 is 5.20. The Morgan fingerprint density at radius 3 is 2.31 bits per heavy atom. The van der Waals surface area contributed by atoms with E-state index in [0.717, 1.165) is 0 Å². The van der Waals surface area contributed by atoms with Crippen LogP contribution < -0.4 is 4.84 Å². The van der Waals surface area contributed by atoms with Gasteiger partial charge < -0.3 is 25.2 Å². The summed E-state index contributed by atoms with van der Waals surface area (Å²) in [7, 11) is 0. The van der Waals surface area contributed by atoms with Crippen molar-refractivity contribution in [3.8, 4) is 0 Å². The van der Waals surface area contributed by atoms with E-state index in [1.165, 1.54) is 0 Å². The zero-order chi connectivity index (χ0) is 10.0. The molecule has 6 nitrogen and oxygen atoms in total. The lowest BCUT2D eigenvalue weighted by molar-refractivity contribution is -0.251. The Morgan fingerprint density at radius 2 is 1.85 bits per heavy atom. The van der Waals surface area contributed by atoms with Gasteiger partial charge in [-0.05, 0) is 11.8 Å². The van der Waals surface area contributed by atoms with Crippen LogP contribution in [0, 0.1) is 0 Å². The molecule has 0 aromatic carbocycles. The molecule has 0 aliphatic carbocycles. The van der Waals surface area contributed by atoms with Gasteiger partial charge in [-0.15, -0.1) is 0 Å². The minimum atomic E-state index is -1.35. The SMILES string of the molecule is OCC1O[C@H](O)C(NCl)[C@H](O)[C@H]1O. The number of hydrogen-bond donors (Lipinski definition) is 5. The molecule has 1 fully saturated rings. The van der Waals surface area contributed by atoms with Gasteiger partial charge in [-0.25, -0.2) is 4.84 Å². The highest BCUT2D eigenvalue weighted by atomic mass is 35.5. The number of nitrogens with one attached hydrogen (secondary N) is 1. The molecule has 0 aromatic heterocycles. The van der Waals surface area contributed by atoms with Gasteiger partial charge >= 0.3 is 0 Å². The van der Waals surface area contributed by atoms with Crippen LogP contribution >= 0.6 is 11.8 Å². The van der Waals surface area contributed by atoms with Gasteiger partial charge in [0, 0.05) is 0 Å². The van der Waals surface area contributed by atoms with Gasteiger partial charge in [0.25, 0.3) is 0 Å². The average Bonchev–Trinajstić information content (AvgIpc) is 2.12. The van der Waals surface area contributed by atoms with Gasteiger partial charge in [-0.3, -0.25) is 0 Å². The van der Waals surface area contributed by atoms with E-state index < -0.39 is 37.3 Å². The molecule has 78 valence electrons. The molecule has 0 amide bonds. The van der Waals surface area contributed by atoms with E-state index in [2.05, 4.69) is 4.84 Å². The molecule has 5 N–H and O–H groups in total. The van der Waals surface area contributed by atoms with Crippen LogP contribution in [0.3, 0.4) is 0 Å². The molecule has 5 atom stereocenters. The number of hydrogen-bond acceptors (Lipinski definition) is 6. The van der Waals surface area contributed by atoms with E-state index >= 15 is 0 Å². The zero-order valence-corrected chi connectivity index (χ0v) is 7.42. The zero-order valence-electron chi connectivity index (χ0n) is 6.67. The van der Waals surface area contributed by atoms with Gasteiger partial charge in [0.05, 0.1) is 6.61 Å². The Labute approximate surface area is 79.8 Å². The molecule has 0 saturated carbocycles. The fourth-order valence-corrected chi connectivity index (χ4v) is 1.45. The van der Waals surface area contributed by atoms with Crippen molar-refractivity contribution in [3.63, 3.8) is 0 Å².